The van der Waals surface area contributed by atoms with Crippen molar-refractivity contribution >= 4 is 17.1 Å². The highest BCUT2D eigenvalue weighted by atomic mass is 16.5. The Bertz CT molecular complexity index is 1580. The molecule has 5 aromatic rings. The number of carbonyl (C=O) groups is 1. The number of benzene rings is 1. The number of nitrogens with one attached hydrogen (secondary N) is 2. The van der Waals surface area contributed by atoms with Crippen molar-refractivity contribution in [3.63, 3.8) is 0 Å². The number of aromatic nitrogens is 7. The van der Waals surface area contributed by atoms with Gasteiger partial charge in [-0.05, 0) is 49.2 Å². The topological polar surface area (TPSA) is 116 Å². The molecule has 1 atom stereocenters. The van der Waals surface area contributed by atoms with Crippen LogP contribution in [0.15, 0.2) is 61.3 Å². The first-order chi connectivity index (χ1) is 18.0. The van der Waals surface area contributed by atoms with Gasteiger partial charge in [-0.25, -0.2) is 4.52 Å². The summed E-state index contributed by atoms with van der Waals surface area (Å²) in [5, 5.41) is 23.9. The zero-order valence-electron chi connectivity index (χ0n) is 20.6. The van der Waals surface area contributed by atoms with Crippen molar-refractivity contribution in [3.05, 3.63) is 78.1 Å². The number of rotatable bonds is 6. The lowest BCUT2D eigenvalue weighted by Crippen LogP contribution is -2.40. The van der Waals surface area contributed by atoms with E-state index in [1.54, 1.807) is 21.7 Å². The lowest BCUT2D eigenvalue weighted by atomic mass is 10.1. The van der Waals surface area contributed by atoms with E-state index in [-0.39, 0.29) is 12.0 Å². The van der Waals surface area contributed by atoms with Crippen LogP contribution in [0, 0.1) is 13.8 Å². The Morgan fingerprint density at radius 3 is 2.84 bits per heavy atom. The van der Waals surface area contributed by atoms with E-state index in [9.17, 15) is 4.79 Å². The van der Waals surface area contributed by atoms with E-state index in [1.165, 1.54) is 0 Å². The Hall–Kier alpha value is -4.35. The summed E-state index contributed by atoms with van der Waals surface area (Å²) in [4.78, 5) is 14.9. The number of aryl methyl sites for hydroxylation is 2. The van der Waals surface area contributed by atoms with Crippen LogP contribution in [0.3, 0.4) is 0 Å². The summed E-state index contributed by atoms with van der Waals surface area (Å²) in [6.45, 7) is 6.92. The molecule has 1 aliphatic rings. The molecular formula is C26H27N9O2. The van der Waals surface area contributed by atoms with Gasteiger partial charge in [0.1, 0.15) is 0 Å². The van der Waals surface area contributed by atoms with Gasteiger partial charge in [-0.2, -0.15) is 25.2 Å². The number of amides is 1. The molecule has 0 aliphatic carbocycles. The molecule has 0 radical (unpaired) electrons. The maximum absolute atomic E-state index is 13.3. The van der Waals surface area contributed by atoms with E-state index in [4.69, 9.17) is 4.74 Å². The summed E-state index contributed by atoms with van der Waals surface area (Å²) in [5.74, 6) is -0.241. The maximum Gasteiger partial charge on any atom is 0.259 e. The molecule has 11 heteroatoms. The minimum absolute atomic E-state index is 0.101. The van der Waals surface area contributed by atoms with Crippen molar-refractivity contribution in [3.8, 4) is 16.8 Å². The van der Waals surface area contributed by atoms with Crippen LogP contribution >= 0.6 is 0 Å². The molecule has 11 nitrogen and oxygen atoms in total. The number of carbonyl (C=O) groups excluding carboxylic acids is 1. The summed E-state index contributed by atoms with van der Waals surface area (Å²) in [6, 6.07) is 9.65. The number of hydrogen-bond donors (Lipinski definition) is 2. The Balaban J connectivity index is 1.24. The summed E-state index contributed by atoms with van der Waals surface area (Å²) >= 11 is 0. The van der Waals surface area contributed by atoms with Crippen molar-refractivity contribution in [2.24, 2.45) is 0 Å². The minimum atomic E-state index is -0.241. The van der Waals surface area contributed by atoms with Gasteiger partial charge in [0.15, 0.2) is 0 Å². The average Bonchev–Trinajstić information content (AvgIpc) is 3.65. The van der Waals surface area contributed by atoms with Gasteiger partial charge < -0.3 is 15.4 Å². The van der Waals surface area contributed by atoms with Gasteiger partial charge in [-0.3, -0.25) is 9.48 Å². The van der Waals surface area contributed by atoms with Gasteiger partial charge in [0.2, 0.25) is 0 Å². The normalized spacial score (nSPS) is 15.8. The Kier molecular flexibility index (Phi) is 5.99. The van der Waals surface area contributed by atoms with Crippen molar-refractivity contribution in [2.75, 3.05) is 25.0 Å². The number of pyridine rings is 1. The van der Waals surface area contributed by atoms with Crippen LogP contribution in [0.2, 0.25) is 0 Å². The molecular weight excluding hydrogens is 470 g/mol. The molecule has 37 heavy (non-hydrogen) atoms. The lowest BCUT2D eigenvalue weighted by molar-refractivity contribution is 0.0161. The molecule has 2 N–H and O–H groups in total. The number of anilines is 1. The Morgan fingerprint density at radius 2 is 2.03 bits per heavy atom. The molecule has 6 rings (SSSR count). The van der Waals surface area contributed by atoms with Crippen LogP contribution in [-0.2, 0) is 11.3 Å². The molecule has 4 aromatic heterocycles. The molecule has 1 fully saturated rings. The highest BCUT2D eigenvalue weighted by molar-refractivity contribution is 6.09. The van der Waals surface area contributed by atoms with E-state index in [1.807, 2.05) is 67.5 Å². The molecule has 1 aliphatic heterocycles. The van der Waals surface area contributed by atoms with Gasteiger partial charge in [-0.15, -0.1) is 0 Å². The third kappa shape index (κ3) is 4.74. The van der Waals surface area contributed by atoms with Gasteiger partial charge in [0.05, 0.1) is 60.3 Å². The minimum Gasteiger partial charge on any atom is -0.374 e. The molecule has 1 saturated heterocycles. The second-order valence-electron chi connectivity index (χ2n) is 9.18. The van der Waals surface area contributed by atoms with Gasteiger partial charge >= 0.3 is 0 Å². The van der Waals surface area contributed by atoms with Gasteiger partial charge in [-0.1, -0.05) is 6.07 Å². The zero-order chi connectivity index (χ0) is 25.4. The number of ether oxygens (including phenoxy) is 1. The summed E-state index contributed by atoms with van der Waals surface area (Å²) in [6.07, 6.45) is 9.06. The molecule has 1 aromatic carbocycles. The van der Waals surface area contributed by atoms with Crippen LogP contribution in [0.1, 0.15) is 21.6 Å². The Labute approximate surface area is 213 Å². The molecule has 0 saturated carbocycles. The fraction of sp³-hybridized carbons (Fsp3) is 0.269. The third-order valence-corrected chi connectivity index (χ3v) is 6.43. The predicted octanol–water partition coefficient (Wildman–Crippen LogP) is 2.64. The third-order valence-electron chi connectivity index (χ3n) is 6.43. The van der Waals surface area contributed by atoms with Crippen LogP contribution in [0.5, 0.6) is 0 Å². The smallest absolute Gasteiger partial charge is 0.259 e. The SMILES string of the molecule is Cc1cnn(-c2ccc(C)c(NC(=O)c3cnn4ccc(-c5cnn(C[C@@H]6CNCCO6)c5)cc34)c2)n1. The highest BCUT2D eigenvalue weighted by Gasteiger charge is 2.17. The number of nitrogens with zero attached hydrogens (tertiary/aromatic N) is 7. The van der Waals surface area contributed by atoms with Crippen molar-refractivity contribution in [1.82, 2.24) is 39.7 Å². The number of hydrogen-bond acceptors (Lipinski definition) is 7. The van der Waals surface area contributed by atoms with Crippen molar-refractivity contribution in [2.45, 2.75) is 26.5 Å². The first-order valence-electron chi connectivity index (χ1n) is 12.2. The monoisotopic (exact) mass is 497 g/mol. The molecule has 0 bridgehead atoms. The lowest BCUT2D eigenvalue weighted by Gasteiger charge is -2.23. The second kappa shape index (κ2) is 9.60. The quantitative estimate of drug-likeness (QED) is 0.370. The molecule has 1 amide bonds. The summed E-state index contributed by atoms with van der Waals surface area (Å²) in [7, 11) is 0. The fourth-order valence-corrected chi connectivity index (χ4v) is 4.42. The highest BCUT2D eigenvalue weighted by Crippen LogP contribution is 2.24. The maximum atomic E-state index is 13.3. The van der Waals surface area contributed by atoms with Crippen LogP contribution in [0.4, 0.5) is 5.69 Å². The molecule has 0 spiro atoms. The van der Waals surface area contributed by atoms with Crippen LogP contribution in [-0.4, -0.2) is 66.1 Å². The van der Waals surface area contributed by atoms with E-state index in [0.29, 0.717) is 29.9 Å². The van der Waals surface area contributed by atoms with E-state index in [0.717, 1.165) is 41.2 Å². The molecule has 5 heterocycles. The Morgan fingerprint density at radius 1 is 1.11 bits per heavy atom. The first-order valence-corrected chi connectivity index (χ1v) is 12.2. The van der Waals surface area contributed by atoms with E-state index < -0.39 is 0 Å². The van der Waals surface area contributed by atoms with E-state index >= 15 is 0 Å². The van der Waals surface area contributed by atoms with E-state index in [2.05, 4.69) is 31.0 Å². The summed E-state index contributed by atoms with van der Waals surface area (Å²) < 4.78 is 9.38. The standard InChI is InChI=1S/C26H27N9O2/c1-17-3-4-21(35-30-11-18(2)32-35)10-24(17)31-26(36)23-14-29-34-7-5-19(9-25(23)34)20-12-28-33(15-20)16-22-13-27-6-8-37-22/h3-5,7,9-12,14-15,22,27H,6,8,13,16H2,1-2H3,(H,31,36)/t22-/m0/s1. The molecule has 0 unspecified atom stereocenters. The fourth-order valence-electron chi connectivity index (χ4n) is 4.42. The second-order valence-corrected chi connectivity index (χ2v) is 9.18. The zero-order valence-corrected chi connectivity index (χ0v) is 20.6. The molecule has 188 valence electrons. The van der Waals surface area contributed by atoms with Crippen LogP contribution in [0.25, 0.3) is 22.3 Å². The average molecular weight is 498 g/mol. The van der Waals surface area contributed by atoms with Crippen molar-refractivity contribution < 1.29 is 9.53 Å². The van der Waals surface area contributed by atoms with Gasteiger partial charge in [0, 0.05) is 36.7 Å². The van der Waals surface area contributed by atoms with Gasteiger partial charge in [0.25, 0.3) is 5.91 Å². The number of fused-ring (bicyclic) bond motifs is 1. The summed E-state index contributed by atoms with van der Waals surface area (Å²) in [5.41, 5.74) is 6.31. The largest absolute Gasteiger partial charge is 0.374 e. The number of morpholine rings is 1. The first kappa shape index (κ1) is 23.1. The van der Waals surface area contributed by atoms with Crippen molar-refractivity contribution in [1.29, 1.82) is 0 Å². The predicted molar refractivity (Wildman–Crippen MR) is 138 cm³/mol. The van der Waals surface area contributed by atoms with Crippen LogP contribution < -0.4 is 10.6 Å².